The van der Waals surface area contributed by atoms with Gasteiger partial charge in [-0.1, -0.05) is 30.3 Å². The minimum Gasteiger partial charge on any atom is -0.347 e. The number of carbonyl (C=O) groups is 1. The van der Waals surface area contributed by atoms with Crippen LogP contribution in [-0.4, -0.2) is 17.4 Å². The van der Waals surface area contributed by atoms with Crippen LogP contribution in [0.5, 0.6) is 0 Å². The lowest BCUT2D eigenvalue weighted by Gasteiger charge is -2.06. The van der Waals surface area contributed by atoms with Crippen LogP contribution >= 0.6 is 0 Å². The van der Waals surface area contributed by atoms with Gasteiger partial charge in [0.25, 0.3) is 5.91 Å². The highest BCUT2D eigenvalue weighted by Gasteiger charge is 2.05. The fourth-order valence-electron chi connectivity index (χ4n) is 1.85. The first-order valence-electron chi connectivity index (χ1n) is 6.44. The molecule has 2 aromatic rings. The zero-order valence-electron chi connectivity index (χ0n) is 11.1. The molecule has 0 saturated heterocycles. The van der Waals surface area contributed by atoms with Crippen LogP contribution < -0.4 is 16.6 Å². The van der Waals surface area contributed by atoms with E-state index in [4.69, 9.17) is 5.73 Å². The Bertz CT molecular complexity index is 632. The maximum atomic E-state index is 11.8. The monoisotopic (exact) mass is 271 g/mol. The molecule has 4 N–H and O–H groups in total. The number of aromatic nitrogens is 1. The molecule has 0 aliphatic heterocycles. The van der Waals surface area contributed by atoms with E-state index in [-0.39, 0.29) is 17.2 Å². The summed E-state index contributed by atoms with van der Waals surface area (Å²) in [6.07, 6.45) is 0.845. The molecule has 20 heavy (non-hydrogen) atoms. The number of hydrogen-bond donors (Lipinski definition) is 3. The Morgan fingerprint density at radius 1 is 1.10 bits per heavy atom. The van der Waals surface area contributed by atoms with Crippen molar-refractivity contribution in [2.75, 3.05) is 6.54 Å². The number of benzene rings is 1. The summed E-state index contributed by atoms with van der Waals surface area (Å²) in [7, 11) is 0. The Morgan fingerprint density at radius 2 is 1.80 bits per heavy atom. The fourth-order valence-corrected chi connectivity index (χ4v) is 1.85. The van der Waals surface area contributed by atoms with E-state index in [1.165, 1.54) is 11.6 Å². The predicted molar refractivity (Wildman–Crippen MR) is 77.4 cm³/mol. The second kappa shape index (κ2) is 6.68. The Kier molecular flexibility index (Phi) is 4.68. The van der Waals surface area contributed by atoms with E-state index in [1.807, 2.05) is 24.3 Å². The van der Waals surface area contributed by atoms with Gasteiger partial charge in [0.1, 0.15) is 5.69 Å². The molecule has 0 aliphatic carbocycles. The molecule has 5 nitrogen and oxygen atoms in total. The third-order valence-corrected chi connectivity index (χ3v) is 2.92. The number of carbonyl (C=O) groups excluding carboxylic acids is 1. The molecule has 1 aromatic carbocycles. The van der Waals surface area contributed by atoms with Crippen LogP contribution in [0.25, 0.3) is 0 Å². The van der Waals surface area contributed by atoms with Crippen LogP contribution in [0.2, 0.25) is 0 Å². The highest BCUT2D eigenvalue weighted by Crippen LogP contribution is 2.05. The zero-order chi connectivity index (χ0) is 14.4. The van der Waals surface area contributed by atoms with Gasteiger partial charge in [-0.25, -0.2) is 0 Å². The normalized spacial score (nSPS) is 10.2. The van der Waals surface area contributed by atoms with Crippen LogP contribution in [0.3, 0.4) is 0 Å². The van der Waals surface area contributed by atoms with E-state index in [9.17, 15) is 9.59 Å². The summed E-state index contributed by atoms with van der Waals surface area (Å²) in [5.74, 6) is -0.297. The van der Waals surface area contributed by atoms with Crippen molar-refractivity contribution in [3.8, 4) is 0 Å². The van der Waals surface area contributed by atoms with Crippen molar-refractivity contribution in [2.45, 2.75) is 13.0 Å². The Balaban J connectivity index is 1.94. The topological polar surface area (TPSA) is 88.0 Å². The maximum Gasteiger partial charge on any atom is 0.268 e. The lowest BCUT2D eigenvalue weighted by atomic mass is 10.1. The van der Waals surface area contributed by atoms with Gasteiger partial charge in [0, 0.05) is 12.6 Å². The third kappa shape index (κ3) is 3.80. The summed E-state index contributed by atoms with van der Waals surface area (Å²) < 4.78 is 0. The van der Waals surface area contributed by atoms with Crippen LogP contribution in [-0.2, 0) is 13.0 Å². The lowest BCUT2D eigenvalue weighted by molar-refractivity contribution is 0.0945. The van der Waals surface area contributed by atoms with Gasteiger partial charge in [-0.15, -0.1) is 0 Å². The molecule has 0 radical (unpaired) electrons. The zero-order valence-corrected chi connectivity index (χ0v) is 11.1. The molecule has 0 fully saturated rings. The predicted octanol–water partition coefficient (Wildman–Crippen LogP) is 0.806. The van der Waals surface area contributed by atoms with Crippen molar-refractivity contribution < 1.29 is 4.79 Å². The first-order valence-corrected chi connectivity index (χ1v) is 6.44. The van der Waals surface area contributed by atoms with Crippen molar-refractivity contribution in [3.05, 3.63) is 69.6 Å². The summed E-state index contributed by atoms with van der Waals surface area (Å²) in [4.78, 5) is 25.5. The smallest absolute Gasteiger partial charge is 0.268 e. The summed E-state index contributed by atoms with van der Waals surface area (Å²) in [6, 6.07) is 12.4. The average Bonchev–Trinajstić information content (AvgIpc) is 2.46. The Hall–Kier alpha value is -2.40. The second-order valence-corrected chi connectivity index (χ2v) is 4.47. The molecule has 0 bridgehead atoms. The molecule has 1 amide bonds. The molecule has 0 unspecified atom stereocenters. The molecule has 0 aliphatic rings. The number of hydrogen-bond acceptors (Lipinski definition) is 3. The van der Waals surface area contributed by atoms with E-state index in [1.54, 1.807) is 12.1 Å². The maximum absolute atomic E-state index is 11.8. The van der Waals surface area contributed by atoms with Crippen molar-refractivity contribution >= 4 is 5.91 Å². The highest BCUT2D eigenvalue weighted by molar-refractivity contribution is 5.92. The Labute approximate surface area is 116 Å². The van der Waals surface area contributed by atoms with E-state index in [0.717, 1.165) is 12.0 Å². The SMILES string of the molecule is NCCc1ccc(CNC(=O)c2cccc(=O)[nH]2)cc1. The Morgan fingerprint density at radius 3 is 2.45 bits per heavy atom. The van der Waals surface area contributed by atoms with Crippen LogP contribution in [0.1, 0.15) is 21.6 Å². The molecule has 0 saturated carbocycles. The number of nitrogens with one attached hydrogen (secondary N) is 2. The van der Waals surface area contributed by atoms with Gasteiger partial charge < -0.3 is 16.0 Å². The molecular weight excluding hydrogens is 254 g/mol. The van der Waals surface area contributed by atoms with Gasteiger partial charge in [0.05, 0.1) is 0 Å². The number of H-pyrrole nitrogens is 1. The lowest BCUT2D eigenvalue weighted by Crippen LogP contribution is -2.25. The van der Waals surface area contributed by atoms with Gasteiger partial charge in [0.2, 0.25) is 5.56 Å². The quantitative estimate of drug-likeness (QED) is 0.751. The third-order valence-electron chi connectivity index (χ3n) is 2.92. The molecule has 1 aromatic heterocycles. The van der Waals surface area contributed by atoms with Crippen LogP contribution in [0.4, 0.5) is 0 Å². The molecule has 5 heteroatoms. The van der Waals surface area contributed by atoms with E-state index >= 15 is 0 Å². The summed E-state index contributed by atoms with van der Waals surface area (Å²) in [5, 5.41) is 2.76. The fraction of sp³-hybridized carbons (Fsp3) is 0.200. The largest absolute Gasteiger partial charge is 0.347 e. The molecule has 1 heterocycles. The molecule has 104 valence electrons. The van der Waals surface area contributed by atoms with E-state index < -0.39 is 0 Å². The van der Waals surface area contributed by atoms with Crippen LogP contribution in [0, 0.1) is 0 Å². The van der Waals surface area contributed by atoms with Crippen molar-refractivity contribution in [1.29, 1.82) is 0 Å². The minimum absolute atomic E-state index is 0.261. The summed E-state index contributed by atoms with van der Waals surface area (Å²) >= 11 is 0. The average molecular weight is 271 g/mol. The molecular formula is C15H17N3O2. The molecule has 0 spiro atoms. The van der Waals surface area contributed by atoms with Crippen molar-refractivity contribution in [2.24, 2.45) is 5.73 Å². The van der Waals surface area contributed by atoms with Gasteiger partial charge in [-0.05, 0) is 30.2 Å². The van der Waals surface area contributed by atoms with Gasteiger partial charge in [0.15, 0.2) is 0 Å². The first-order chi connectivity index (χ1) is 9.69. The van der Waals surface area contributed by atoms with E-state index in [2.05, 4.69) is 10.3 Å². The summed E-state index contributed by atoms with van der Waals surface area (Å²) in [5.41, 5.74) is 7.63. The molecule has 0 atom stereocenters. The number of nitrogens with two attached hydrogens (primary N) is 1. The highest BCUT2D eigenvalue weighted by atomic mass is 16.2. The molecule has 2 rings (SSSR count). The van der Waals surface area contributed by atoms with Crippen molar-refractivity contribution in [1.82, 2.24) is 10.3 Å². The number of rotatable bonds is 5. The number of pyridine rings is 1. The second-order valence-electron chi connectivity index (χ2n) is 4.47. The van der Waals surface area contributed by atoms with Gasteiger partial charge in [-0.3, -0.25) is 9.59 Å². The van der Waals surface area contributed by atoms with Gasteiger partial charge >= 0.3 is 0 Å². The number of aromatic amines is 1. The standard InChI is InChI=1S/C15H17N3O2/c16-9-8-11-4-6-12(7-5-11)10-17-15(20)13-2-1-3-14(19)18-13/h1-7H,8-10,16H2,(H,17,20)(H,18,19). The number of amides is 1. The summed E-state index contributed by atoms with van der Waals surface area (Å²) in [6.45, 7) is 1.04. The minimum atomic E-state index is -0.297. The van der Waals surface area contributed by atoms with Gasteiger partial charge in [-0.2, -0.15) is 0 Å². The van der Waals surface area contributed by atoms with E-state index in [0.29, 0.717) is 13.1 Å². The van der Waals surface area contributed by atoms with Crippen molar-refractivity contribution in [3.63, 3.8) is 0 Å². The first kappa shape index (κ1) is 14.0. The van der Waals surface area contributed by atoms with Crippen LogP contribution in [0.15, 0.2) is 47.3 Å².